The van der Waals surface area contributed by atoms with Crippen LogP contribution in [0.1, 0.15) is 83.6 Å². The molecule has 5 atom stereocenters. The van der Waals surface area contributed by atoms with Gasteiger partial charge in [0.05, 0.1) is 0 Å². The number of nitrogens with zero attached hydrogens (tertiary/aromatic N) is 1. The first kappa shape index (κ1) is 22.8. The zero-order chi connectivity index (χ0) is 20.6. The van der Waals surface area contributed by atoms with E-state index in [4.69, 9.17) is 0 Å². The van der Waals surface area contributed by atoms with Crippen molar-refractivity contribution < 1.29 is 0 Å². The Morgan fingerprint density at radius 2 is 1.72 bits per heavy atom. The normalized spacial score (nSPS) is 27.0. The Balaban J connectivity index is 1.63. The highest BCUT2D eigenvalue weighted by molar-refractivity contribution is 5.23. The van der Waals surface area contributed by atoms with Gasteiger partial charge in [-0.25, -0.2) is 0 Å². The molecule has 2 nitrogen and oxygen atoms in total. The van der Waals surface area contributed by atoms with Crippen LogP contribution in [-0.2, 0) is 0 Å². The second kappa shape index (κ2) is 11.5. The van der Waals surface area contributed by atoms with Gasteiger partial charge >= 0.3 is 0 Å². The van der Waals surface area contributed by atoms with Gasteiger partial charge in [-0.1, -0.05) is 70.4 Å². The fraction of sp³-hybridized carbons (Fsp3) is 0.778. The Labute approximate surface area is 180 Å². The van der Waals surface area contributed by atoms with Crippen LogP contribution in [0, 0.1) is 23.7 Å². The minimum absolute atomic E-state index is 0.707. The van der Waals surface area contributed by atoms with Crippen molar-refractivity contribution in [1.82, 2.24) is 10.2 Å². The van der Waals surface area contributed by atoms with Crippen LogP contribution in [-0.4, -0.2) is 37.6 Å². The van der Waals surface area contributed by atoms with E-state index in [-0.39, 0.29) is 0 Å². The molecule has 1 aromatic rings. The Hall–Kier alpha value is -0.860. The van der Waals surface area contributed by atoms with E-state index in [0.717, 1.165) is 29.6 Å². The summed E-state index contributed by atoms with van der Waals surface area (Å²) >= 11 is 0. The minimum Gasteiger partial charge on any atom is -0.317 e. The van der Waals surface area contributed by atoms with Gasteiger partial charge in [-0.3, -0.25) is 0 Å². The van der Waals surface area contributed by atoms with Crippen LogP contribution >= 0.6 is 0 Å². The lowest BCUT2D eigenvalue weighted by Gasteiger charge is -2.41. The predicted molar refractivity (Wildman–Crippen MR) is 126 cm³/mol. The molecule has 2 fully saturated rings. The van der Waals surface area contributed by atoms with Crippen molar-refractivity contribution >= 4 is 0 Å². The molecule has 0 radical (unpaired) electrons. The van der Waals surface area contributed by atoms with E-state index in [1.165, 1.54) is 71.0 Å². The molecule has 2 heteroatoms. The first-order valence-electron chi connectivity index (χ1n) is 12.6. The minimum atomic E-state index is 0.707. The van der Waals surface area contributed by atoms with Crippen molar-refractivity contribution in [2.75, 3.05) is 26.7 Å². The molecule has 1 heterocycles. The molecule has 1 saturated heterocycles. The summed E-state index contributed by atoms with van der Waals surface area (Å²) in [6.07, 6.45) is 11.0. The third-order valence-electron chi connectivity index (χ3n) is 8.25. The lowest BCUT2D eigenvalue weighted by atomic mass is 9.71. The van der Waals surface area contributed by atoms with E-state index >= 15 is 0 Å². The van der Waals surface area contributed by atoms with Crippen LogP contribution in [0.4, 0.5) is 0 Å². The van der Waals surface area contributed by atoms with Gasteiger partial charge < -0.3 is 10.2 Å². The molecule has 0 spiro atoms. The number of rotatable bonds is 10. The number of likely N-dealkylation sites (tertiary alicyclic amines) is 1. The largest absolute Gasteiger partial charge is 0.317 e. The number of hydrogen-bond donors (Lipinski definition) is 1. The maximum Gasteiger partial charge on any atom is 0.00982 e. The Kier molecular flexibility index (Phi) is 9.06. The molecule has 1 aliphatic heterocycles. The first-order chi connectivity index (χ1) is 14.2. The van der Waals surface area contributed by atoms with Gasteiger partial charge in [0, 0.05) is 12.6 Å². The van der Waals surface area contributed by atoms with E-state index in [1.807, 2.05) is 0 Å². The Morgan fingerprint density at radius 1 is 1.00 bits per heavy atom. The number of benzene rings is 1. The molecule has 1 aliphatic carbocycles. The third kappa shape index (κ3) is 6.07. The lowest BCUT2D eigenvalue weighted by Crippen LogP contribution is -2.42. The second-order valence-corrected chi connectivity index (χ2v) is 10.1. The summed E-state index contributed by atoms with van der Waals surface area (Å²) in [5.41, 5.74) is 1.60. The van der Waals surface area contributed by atoms with Crippen LogP contribution in [0.2, 0.25) is 0 Å². The molecule has 0 aromatic heterocycles. The Bertz CT molecular complexity index is 563. The van der Waals surface area contributed by atoms with Gasteiger partial charge in [-0.2, -0.15) is 0 Å². The zero-order valence-electron chi connectivity index (χ0n) is 19.6. The molecule has 0 bridgehead atoms. The molecular formula is C27H46N2. The summed E-state index contributed by atoms with van der Waals surface area (Å²) in [7, 11) is 2.18. The molecule has 29 heavy (non-hydrogen) atoms. The summed E-state index contributed by atoms with van der Waals surface area (Å²) in [6.45, 7) is 11.1. The van der Waals surface area contributed by atoms with Gasteiger partial charge in [0.1, 0.15) is 0 Å². The lowest BCUT2D eigenvalue weighted by molar-refractivity contribution is 0.122. The second-order valence-electron chi connectivity index (χ2n) is 10.1. The van der Waals surface area contributed by atoms with Crippen molar-refractivity contribution in [3.8, 4) is 0 Å². The molecule has 3 rings (SSSR count). The van der Waals surface area contributed by atoms with Crippen molar-refractivity contribution in [3.63, 3.8) is 0 Å². The van der Waals surface area contributed by atoms with Crippen LogP contribution in [0.5, 0.6) is 0 Å². The molecule has 1 aromatic carbocycles. The highest BCUT2D eigenvalue weighted by Gasteiger charge is 2.39. The molecule has 1 saturated carbocycles. The highest BCUT2D eigenvalue weighted by atomic mass is 15.1. The maximum absolute atomic E-state index is 3.66. The van der Waals surface area contributed by atoms with Crippen molar-refractivity contribution in [1.29, 1.82) is 0 Å². The van der Waals surface area contributed by atoms with Crippen LogP contribution in [0.25, 0.3) is 0 Å². The average Bonchev–Trinajstić information content (AvgIpc) is 3.23. The maximum atomic E-state index is 3.66. The smallest absolute Gasteiger partial charge is 0.00982 e. The standard InChI is InChI=1S/C27H46N2/c1-5-21(3)19-22(6-2)20-29-17-15-24(16-18-29)27(23-11-8-7-9-12-23)25-13-10-14-26(25)28-4/h7-9,11-12,21-22,24-28H,5-6,10,13-20H2,1-4H3/t21?,22?,25?,26-,27?/m0/s1. The van der Waals surface area contributed by atoms with E-state index in [0.29, 0.717) is 6.04 Å². The topological polar surface area (TPSA) is 15.3 Å². The molecule has 164 valence electrons. The Morgan fingerprint density at radius 3 is 2.34 bits per heavy atom. The summed E-state index contributed by atoms with van der Waals surface area (Å²) in [5, 5.41) is 3.66. The summed E-state index contributed by atoms with van der Waals surface area (Å²) in [6, 6.07) is 12.2. The van der Waals surface area contributed by atoms with Crippen LogP contribution in [0.3, 0.4) is 0 Å². The zero-order valence-corrected chi connectivity index (χ0v) is 19.6. The number of piperidine rings is 1. The quantitative estimate of drug-likeness (QED) is 0.495. The number of hydrogen-bond acceptors (Lipinski definition) is 2. The molecule has 2 aliphatic rings. The van der Waals surface area contributed by atoms with Crippen LogP contribution in [0.15, 0.2) is 30.3 Å². The van der Waals surface area contributed by atoms with Crippen molar-refractivity contribution in [3.05, 3.63) is 35.9 Å². The fourth-order valence-corrected chi connectivity index (χ4v) is 6.29. The van der Waals surface area contributed by atoms with Crippen molar-refractivity contribution in [2.45, 2.75) is 84.1 Å². The third-order valence-corrected chi connectivity index (χ3v) is 8.25. The van der Waals surface area contributed by atoms with E-state index < -0.39 is 0 Å². The summed E-state index contributed by atoms with van der Waals surface area (Å²) in [4.78, 5) is 2.79. The molecule has 0 amide bonds. The summed E-state index contributed by atoms with van der Waals surface area (Å²) in [5.74, 6) is 4.16. The average molecular weight is 399 g/mol. The SMILES string of the molecule is CCC(C)CC(CC)CN1CCC(C(c2ccccc2)C2CCC[C@@H]2NC)CC1. The van der Waals surface area contributed by atoms with Gasteiger partial charge in [0.25, 0.3) is 0 Å². The highest BCUT2D eigenvalue weighted by Crippen LogP contribution is 2.45. The van der Waals surface area contributed by atoms with Crippen LogP contribution < -0.4 is 5.32 Å². The van der Waals surface area contributed by atoms with Gasteiger partial charge in [0.2, 0.25) is 0 Å². The van der Waals surface area contributed by atoms with E-state index in [9.17, 15) is 0 Å². The van der Waals surface area contributed by atoms with Gasteiger partial charge in [-0.15, -0.1) is 0 Å². The number of nitrogens with one attached hydrogen (secondary N) is 1. The molecular weight excluding hydrogens is 352 g/mol. The van der Waals surface area contributed by atoms with Crippen molar-refractivity contribution in [2.24, 2.45) is 23.7 Å². The monoisotopic (exact) mass is 398 g/mol. The van der Waals surface area contributed by atoms with Gasteiger partial charge in [-0.05, 0) is 87.4 Å². The fourth-order valence-electron chi connectivity index (χ4n) is 6.29. The summed E-state index contributed by atoms with van der Waals surface area (Å²) < 4.78 is 0. The van der Waals surface area contributed by atoms with Gasteiger partial charge in [0.15, 0.2) is 0 Å². The predicted octanol–water partition coefficient (Wildman–Crippen LogP) is 6.33. The first-order valence-corrected chi connectivity index (χ1v) is 12.6. The molecule has 1 N–H and O–H groups in total. The van der Waals surface area contributed by atoms with E-state index in [1.54, 1.807) is 5.56 Å². The molecule has 4 unspecified atom stereocenters. The van der Waals surface area contributed by atoms with E-state index in [2.05, 4.69) is 68.4 Å².